The summed E-state index contributed by atoms with van der Waals surface area (Å²) >= 11 is 0. The molecule has 1 rings (SSSR count). The summed E-state index contributed by atoms with van der Waals surface area (Å²) in [4.78, 5) is 0. The number of nitrogens with one attached hydrogen (secondary N) is 1. The average Bonchev–Trinajstić information content (AvgIpc) is 2.46. The van der Waals surface area contributed by atoms with Crippen LogP contribution in [0.5, 0.6) is 5.75 Å². The van der Waals surface area contributed by atoms with E-state index in [1.807, 2.05) is 37.3 Å². The molecule has 0 aliphatic rings. The Morgan fingerprint density at radius 2 is 1.95 bits per heavy atom. The molecular weight excluding hydrogens is 258 g/mol. The third-order valence-electron chi connectivity index (χ3n) is 2.65. The molecule has 0 spiro atoms. The van der Waals surface area contributed by atoms with Gasteiger partial charge in [0.1, 0.15) is 12.4 Å². The van der Waals surface area contributed by atoms with Crippen LogP contribution < -0.4 is 10.1 Å². The van der Waals surface area contributed by atoms with Gasteiger partial charge < -0.3 is 24.6 Å². The van der Waals surface area contributed by atoms with Crippen LogP contribution in [0, 0.1) is 0 Å². The van der Waals surface area contributed by atoms with Crippen molar-refractivity contribution in [1.82, 2.24) is 5.32 Å². The molecule has 0 aromatic heterocycles. The highest BCUT2D eigenvalue weighted by Gasteiger charge is 2.07. The summed E-state index contributed by atoms with van der Waals surface area (Å²) in [6.07, 6.45) is -0.526. The molecule has 0 heterocycles. The second-order valence-electron chi connectivity index (χ2n) is 4.62. The van der Waals surface area contributed by atoms with E-state index in [-0.39, 0.29) is 6.10 Å². The second kappa shape index (κ2) is 10.6. The Balaban J connectivity index is 1.98. The first-order valence-electron chi connectivity index (χ1n) is 6.89. The summed E-state index contributed by atoms with van der Waals surface area (Å²) in [7, 11) is 1.63. The van der Waals surface area contributed by atoms with Gasteiger partial charge in [-0.2, -0.15) is 0 Å². The number of para-hydroxylation sites is 1. The molecule has 5 heteroatoms. The molecule has 114 valence electrons. The summed E-state index contributed by atoms with van der Waals surface area (Å²) in [5.74, 6) is 0.853. The van der Waals surface area contributed by atoms with E-state index in [0.29, 0.717) is 32.9 Å². The lowest BCUT2D eigenvalue weighted by Crippen LogP contribution is -2.34. The van der Waals surface area contributed by atoms with Crippen LogP contribution in [0.3, 0.4) is 0 Å². The highest BCUT2D eigenvalue weighted by atomic mass is 16.5. The summed E-state index contributed by atoms with van der Waals surface area (Å²) < 4.78 is 15.9. The van der Waals surface area contributed by atoms with Crippen LogP contribution in [0.2, 0.25) is 0 Å². The van der Waals surface area contributed by atoms with Gasteiger partial charge in [0.2, 0.25) is 0 Å². The molecule has 2 atom stereocenters. The first kappa shape index (κ1) is 16.9. The zero-order valence-corrected chi connectivity index (χ0v) is 12.2. The minimum atomic E-state index is -0.522. The molecule has 0 fully saturated rings. The fourth-order valence-corrected chi connectivity index (χ4v) is 1.64. The number of methoxy groups -OCH3 is 1. The molecule has 0 saturated heterocycles. The van der Waals surface area contributed by atoms with E-state index in [4.69, 9.17) is 14.2 Å². The molecule has 20 heavy (non-hydrogen) atoms. The van der Waals surface area contributed by atoms with Crippen LogP contribution in [0.4, 0.5) is 0 Å². The Hall–Kier alpha value is -1.14. The molecule has 0 saturated carbocycles. The van der Waals surface area contributed by atoms with Gasteiger partial charge in [0.15, 0.2) is 0 Å². The molecule has 0 bridgehead atoms. The van der Waals surface area contributed by atoms with Gasteiger partial charge in [-0.15, -0.1) is 0 Å². The maximum absolute atomic E-state index is 9.71. The number of benzene rings is 1. The maximum Gasteiger partial charge on any atom is 0.119 e. The van der Waals surface area contributed by atoms with Crippen molar-refractivity contribution >= 4 is 0 Å². The highest BCUT2D eigenvalue weighted by Crippen LogP contribution is 2.07. The smallest absolute Gasteiger partial charge is 0.119 e. The molecule has 5 nitrogen and oxygen atoms in total. The number of ether oxygens (including phenoxy) is 3. The monoisotopic (exact) mass is 283 g/mol. The first-order chi connectivity index (χ1) is 9.72. The van der Waals surface area contributed by atoms with E-state index in [1.54, 1.807) is 7.11 Å². The lowest BCUT2D eigenvalue weighted by molar-refractivity contribution is -0.0311. The van der Waals surface area contributed by atoms with Crippen LogP contribution in [0.15, 0.2) is 30.3 Å². The van der Waals surface area contributed by atoms with Gasteiger partial charge in [0, 0.05) is 20.2 Å². The molecule has 2 unspecified atom stereocenters. The van der Waals surface area contributed by atoms with Gasteiger partial charge in [-0.3, -0.25) is 0 Å². The van der Waals surface area contributed by atoms with Crippen molar-refractivity contribution in [3.05, 3.63) is 30.3 Å². The van der Waals surface area contributed by atoms with E-state index in [0.717, 1.165) is 5.75 Å². The van der Waals surface area contributed by atoms with Gasteiger partial charge in [-0.1, -0.05) is 18.2 Å². The van der Waals surface area contributed by atoms with Crippen LogP contribution in [0.25, 0.3) is 0 Å². The minimum Gasteiger partial charge on any atom is -0.492 e. The minimum absolute atomic E-state index is 0.00364. The topological polar surface area (TPSA) is 60.0 Å². The highest BCUT2D eigenvalue weighted by molar-refractivity contribution is 5.20. The number of hydrogen-bond donors (Lipinski definition) is 2. The van der Waals surface area contributed by atoms with E-state index >= 15 is 0 Å². The Morgan fingerprint density at radius 3 is 2.65 bits per heavy atom. The average molecular weight is 283 g/mol. The van der Waals surface area contributed by atoms with Crippen LogP contribution >= 0.6 is 0 Å². The predicted molar refractivity (Wildman–Crippen MR) is 78.1 cm³/mol. The summed E-state index contributed by atoms with van der Waals surface area (Å²) in [6.45, 7) is 4.48. The van der Waals surface area contributed by atoms with Crippen LogP contribution in [0.1, 0.15) is 6.92 Å². The number of aliphatic hydroxyl groups is 1. The fourth-order valence-electron chi connectivity index (χ4n) is 1.64. The molecular formula is C15H25NO4. The SMILES string of the molecule is COCC(C)OCC(O)CNCCOc1ccccc1. The number of hydrogen-bond acceptors (Lipinski definition) is 5. The normalized spacial score (nSPS) is 13.9. The Kier molecular flexibility index (Phi) is 8.98. The zero-order chi connectivity index (χ0) is 14.6. The summed E-state index contributed by atoms with van der Waals surface area (Å²) in [6, 6.07) is 9.65. The van der Waals surface area contributed by atoms with E-state index in [9.17, 15) is 5.11 Å². The van der Waals surface area contributed by atoms with E-state index < -0.39 is 6.10 Å². The fraction of sp³-hybridized carbons (Fsp3) is 0.600. The molecule has 1 aromatic rings. The van der Waals surface area contributed by atoms with Gasteiger partial charge in [-0.25, -0.2) is 0 Å². The summed E-state index contributed by atoms with van der Waals surface area (Å²) in [5.41, 5.74) is 0. The van der Waals surface area contributed by atoms with Crippen molar-refractivity contribution in [2.75, 3.05) is 40.0 Å². The Morgan fingerprint density at radius 1 is 1.20 bits per heavy atom. The van der Waals surface area contributed by atoms with Crippen molar-refractivity contribution in [2.45, 2.75) is 19.1 Å². The molecule has 0 radical (unpaired) electrons. The van der Waals surface area contributed by atoms with Crippen molar-refractivity contribution in [2.24, 2.45) is 0 Å². The third-order valence-corrected chi connectivity index (χ3v) is 2.65. The van der Waals surface area contributed by atoms with Crippen LogP contribution in [-0.4, -0.2) is 57.3 Å². The van der Waals surface area contributed by atoms with Crippen molar-refractivity contribution in [3.8, 4) is 5.75 Å². The van der Waals surface area contributed by atoms with Crippen LogP contribution in [-0.2, 0) is 9.47 Å². The third kappa shape index (κ3) is 8.12. The Bertz CT molecular complexity index is 334. The second-order valence-corrected chi connectivity index (χ2v) is 4.62. The van der Waals surface area contributed by atoms with Gasteiger partial charge in [0.05, 0.1) is 25.4 Å². The quantitative estimate of drug-likeness (QED) is 0.595. The summed E-state index contributed by atoms with van der Waals surface area (Å²) in [5, 5.41) is 12.8. The molecule has 0 amide bonds. The molecule has 0 aliphatic carbocycles. The Labute approximate surface area is 120 Å². The molecule has 2 N–H and O–H groups in total. The number of rotatable bonds is 11. The van der Waals surface area contributed by atoms with Gasteiger partial charge in [0.25, 0.3) is 0 Å². The maximum atomic E-state index is 9.71. The predicted octanol–water partition coefficient (Wildman–Crippen LogP) is 1.07. The zero-order valence-electron chi connectivity index (χ0n) is 12.2. The molecule has 0 aliphatic heterocycles. The van der Waals surface area contributed by atoms with Gasteiger partial charge in [-0.05, 0) is 19.1 Å². The van der Waals surface area contributed by atoms with Crippen molar-refractivity contribution in [3.63, 3.8) is 0 Å². The van der Waals surface area contributed by atoms with Gasteiger partial charge >= 0.3 is 0 Å². The lowest BCUT2D eigenvalue weighted by atomic mass is 10.3. The number of aliphatic hydroxyl groups excluding tert-OH is 1. The first-order valence-corrected chi connectivity index (χ1v) is 6.89. The molecule has 1 aromatic carbocycles. The van der Waals surface area contributed by atoms with E-state index in [2.05, 4.69) is 5.32 Å². The standard InChI is InChI=1S/C15H25NO4/c1-13(11-18-2)20-12-14(17)10-16-8-9-19-15-6-4-3-5-7-15/h3-7,13-14,16-17H,8-12H2,1-2H3. The lowest BCUT2D eigenvalue weighted by Gasteiger charge is -2.16. The van der Waals surface area contributed by atoms with E-state index in [1.165, 1.54) is 0 Å². The van der Waals surface area contributed by atoms with Crippen molar-refractivity contribution in [1.29, 1.82) is 0 Å². The van der Waals surface area contributed by atoms with Crippen molar-refractivity contribution < 1.29 is 19.3 Å². The largest absolute Gasteiger partial charge is 0.492 e.